The molecule has 112 valence electrons. The average molecular weight is 348 g/mol. The highest BCUT2D eigenvalue weighted by molar-refractivity contribution is 6.42. The van der Waals surface area contributed by atoms with Crippen LogP contribution in [0, 0.1) is 11.8 Å². The van der Waals surface area contributed by atoms with Crippen LogP contribution in [0.2, 0.25) is 10.0 Å². The lowest BCUT2D eigenvalue weighted by Gasteiger charge is -2.29. The summed E-state index contributed by atoms with van der Waals surface area (Å²) in [4.78, 5) is 23.4. The number of rotatable bonds is 3. The zero-order chi connectivity index (χ0) is 15.6. The van der Waals surface area contributed by atoms with E-state index in [4.69, 9.17) is 34.8 Å². The van der Waals surface area contributed by atoms with Crippen LogP contribution in [0.15, 0.2) is 29.3 Å². The number of carboxylic acid groups (broad SMARTS) is 1. The van der Waals surface area contributed by atoms with Crippen LogP contribution in [0.4, 0.5) is 5.69 Å². The largest absolute Gasteiger partial charge is 0.550 e. The molecule has 21 heavy (non-hydrogen) atoms. The Balaban J connectivity index is 2.16. The van der Waals surface area contributed by atoms with Gasteiger partial charge in [0, 0.05) is 22.6 Å². The van der Waals surface area contributed by atoms with Crippen LogP contribution in [-0.4, -0.2) is 11.9 Å². The molecule has 0 heterocycles. The third-order valence-electron chi connectivity index (χ3n) is 3.32. The van der Waals surface area contributed by atoms with Gasteiger partial charge in [0.05, 0.1) is 16.0 Å². The lowest BCUT2D eigenvalue weighted by atomic mass is 9.82. The third-order valence-corrected chi connectivity index (χ3v) is 4.37. The summed E-state index contributed by atoms with van der Waals surface area (Å²) >= 11 is 17.6. The predicted molar refractivity (Wildman–Crippen MR) is 80.2 cm³/mol. The van der Waals surface area contributed by atoms with E-state index in [-0.39, 0.29) is 12.8 Å². The Hall–Kier alpha value is -1.23. The number of hydrogen-bond acceptors (Lipinski definition) is 3. The van der Waals surface area contributed by atoms with E-state index < -0.39 is 23.7 Å². The van der Waals surface area contributed by atoms with Gasteiger partial charge in [-0.05, 0) is 31.0 Å². The summed E-state index contributed by atoms with van der Waals surface area (Å²) in [5, 5.41) is 14.9. The number of halogens is 3. The first-order valence-corrected chi connectivity index (χ1v) is 7.33. The summed E-state index contributed by atoms with van der Waals surface area (Å²) in [6.45, 7) is 0. The summed E-state index contributed by atoms with van der Waals surface area (Å²) < 4.78 is 0. The molecular weight excluding hydrogens is 337 g/mol. The minimum absolute atomic E-state index is 0.174. The van der Waals surface area contributed by atoms with Crippen molar-refractivity contribution in [2.75, 3.05) is 5.32 Å². The van der Waals surface area contributed by atoms with Gasteiger partial charge >= 0.3 is 0 Å². The van der Waals surface area contributed by atoms with E-state index in [2.05, 4.69) is 5.32 Å². The highest BCUT2D eigenvalue weighted by Crippen LogP contribution is 2.33. The van der Waals surface area contributed by atoms with Crippen molar-refractivity contribution in [2.24, 2.45) is 11.8 Å². The predicted octanol–water partition coefficient (Wildman–Crippen LogP) is 2.83. The van der Waals surface area contributed by atoms with Crippen LogP contribution in [0.25, 0.3) is 0 Å². The second kappa shape index (κ2) is 6.69. The first-order valence-electron chi connectivity index (χ1n) is 6.20. The first-order chi connectivity index (χ1) is 9.88. The Kier molecular flexibility index (Phi) is 5.14. The van der Waals surface area contributed by atoms with E-state index >= 15 is 0 Å². The molecule has 1 aromatic carbocycles. The number of allylic oxidation sites excluding steroid dienone is 2. The first kappa shape index (κ1) is 16.1. The van der Waals surface area contributed by atoms with Crippen molar-refractivity contribution in [2.45, 2.75) is 12.8 Å². The fourth-order valence-electron chi connectivity index (χ4n) is 2.20. The molecule has 2 rings (SSSR count). The van der Waals surface area contributed by atoms with Crippen molar-refractivity contribution < 1.29 is 14.7 Å². The monoisotopic (exact) mass is 346 g/mol. The van der Waals surface area contributed by atoms with Gasteiger partial charge in [0.1, 0.15) is 0 Å². The molecule has 1 N–H and O–H groups in total. The Morgan fingerprint density at radius 3 is 2.48 bits per heavy atom. The van der Waals surface area contributed by atoms with Crippen molar-refractivity contribution in [3.05, 3.63) is 39.4 Å². The molecule has 1 aromatic rings. The molecule has 1 aliphatic rings. The van der Waals surface area contributed by atoms with E-state index in [9.17, 15) is 14.7 Å². The molecule has 4 nitrogen and oxygen atoms in total. The fourth-order valence-corrected chi connectivity index (χ4v) is 2.75. The van der Waals surface area contributed by atoms with Gasteiger partial charge in [-0.1, -0.05) is 40.9 Å². The van der Waals surface area contributed by atoms with Crippen LogP contribution in [0.5, 0.6) is 0 Å². The molecule has 1 amide bonds. The second-order valence-electron chi connectivity index (χ2n) is 4.74. The summed E-state index contributed by atoms with van der Waals surface area (Å²) in [6.07, 6.45) is 1.96. The molecule has 0 saturated heterocycles. The minimum atomic E-state index is -1.26. The van der Waals surface area contributed by atoms with Gasteiger partial charge in [-0.25, -0.2) is 0 Å². The van der Waals surface area contributed by atoms with Crippen LogP contribution < -0.4 is 10.4 Å². The quantitative estimate of drug-likeness (QED) is 0.914. The molecule has 2 atom stereocenters. The van der Waals surface area contributed by atoms with E-state index in [0.717, 1.165) is 0 Å². The Morgan fingerprint density at radius 1 is 1.14 bits per heavy atom. The van der Waals surface area contributed by atoms with Gasteiger partial charge in [-0.15, -0.1) is 0 Å². The van der Waals surface area contributed by atoms with Crippen molar-refractivity contribution >= 4 is 52.4 Å². The second-order valence-corrected chi connectivity index (χ2v) is 6.04. The normalized spacial score (nSPS) is 21.6. The zero-order valence-corrected chi connectivity index (χ0v) is 13.0. The summed E-state index contributed by atoms with van der Waals surface area (Å²) in [5.74, 6) is -3.37. The summed E-state index contributed by atoms with van der Waals surface area (Å²) in [6, 6.07) is 4.62. The Labute approximate surface area is 136 Å². The maximum Gasteiger partial charge on any atom is 0.228 e. The maximum atomic E-state index is 12.3. The number of aliphatic carboxylic acids is 1. The van der Waals surface area contributed by atoms with Gasteiger partial charge in [0.15, 0.2) is 0 Å². The minimum Gasteiger partial charge on any atom is -0.550 e. The van der Waals surface area contributed by atoms with Crippen LogP contribution in [0.1, 0.15) is 12.8 Å². The van der Waals surface area contributed by atoms with Crippen LogP contribution in [-0.2, 0) is 9.59 Å². The van der Waals surface area contributed by atoms with Crippen LogP contribution in [0.3, 0.4) is 0 Å². The Morgan fingerprint density at radius 2 is 1.86 bits per heavy atom. The number of carbonyl (C=O) groups excluding carboxylic acids is 2. The molecule has 0 bridgehead atoms. The Bertz CT molecular complexity index is 615. The fraction of sp³-hybridized carbons (Fsp3) is 0.286. The summed E-state index contributed by atoms with van der Waals surface area (Å²) in [5.41, 5.74) is 0.442. The summed E-state index contributed by atoms with van der Waals surface area (Å²) in [7, 11) is 0. The molecular formula is C14H11Cl3NO3-. The van der Waals surface area contributed by atoms with E-state index in [1.165, 1.54) is 6.07 Å². The van der Waals surface area contributed by atoms with Gasteiger partial charge in [-0.3, -0.25) is 4.79 Å². The smallest absolute Gasteiger partial charge is 0.228 e. The van der Waals surface area contributed by atoms with Crippen molar-refractivity contribution in [1.82, 2.24) is 0 Å². The van der Waals surface area contributed by atoms with Crippen molar-refractivity contribution in [3.63, 3.8) is 0 Å². The highest BCUT2D eigenvalue weighted by Gasteiger charge is 2.32. The molecule has 0 fully saturated rings. The lowest BCUT2D eigenvalue weighted by molar-refractivity contribution is -0.313. The van der Waals surface area contributed by atoms with Crippen molar-refractivity contribution in [3.8, 4) is 0 Å². The standard InChI is InChI=1S/C14H12Cl3NO3/c15-7-1-3-9(14(20)21)10(5-7)13(19)18-8-2-4-11(16)12(17)6-8/h1-2,4,6,9-10H,3,5H2,(H,18,19)(H,20,21)/p-1/t9-,10-/m1/s1. The molecule has 0 radical (unpaired) electrons. The number of carbonyl (C=O) groups is 2. The molecule has 1 aliphatic carbocycles. The number of hydrogen-bond donors (Lipinski definition) is 1. The number of nitrogens with one attached hydrogen (secondary N) is 1. The van der Waals surface area contributed by atoms with Crippen LogP contribution >= 0.6 is 34.8 Å². The number of anilines is 1. The number of carboxylic acids is 1. The van der Waals surface area contributed by atoms with Gasteiger partial charge in [-0.2, -0.15) is 0 Å². The van der Waals surface area contributed by atoms with E-state index in [1.807, 2.05) is 0 Å². The van der Waals surface area contributed by atoms with E-state index in [1.54, 1.807) is 18.2 Å². The van der Waals surface area contributed by atoms with Gasteiger partial charge in [0.25, 0.3) is 0 Å². The topological polar surface area (TPSA) is 69.2 Å². The van der Waals surface area contributed by atoms with Gasteiger partial charge in [0.2, 0.25) is 5.91 Å². The molecule has 0 aromatic heterocycles. The number of benzene rings is 1. The lowest BCUT2D eigenvalue weighted by Crippen LogP contribution is -2.42. The highest BCUT2D eigenvalue weighted by atomic mass is 35.5. The molecule has 0 spiro atoms. The SMILES string of the molecule is O=C([O-])[C@@H]1CC=C(Cl)C[C@H]1C(=O)Nc1ccc(Cl)c(Cl)c1. The molecule has 7 heteroatoms. The van der Waals surface area contributed by atoms with Gasteiger partial charge < -0.3 is 15.2 Å². The molecule has 0 saturated carbocycles. The molecule has 0 unspecified atom stereocenters. The zero-order valence-electron chi connectivity index (χ0n) is 10.7. The maximum absolute atomic E-state index is 12.3. The van der Waals surface area contributed by atoms with Crippen molar-refractivity contribution in [1.29, 1.82) is 0 Å². The van der Waals surface area contributed by atoms with E-state index in [0.29, 0.717) is 20.8 Å². The third kappa shape index (κ3) is 3.90. The average Bonchev–Trinajstić information content (AvgIpc) is 2.42. The molecule has 0 aliphatic heterocycles. The number of amides is 1.